The first-order valence-corrected chi connectivity index (χ1v) is 9.40. The van der Waals surface area contributed by atoms with Gasteiger partial charge < -0.3 is 15.4 Å². The molecule has 2 amide bonds. The molecule has 7 nitrogen and oxygen atoms in total. The number of carbonyl (C=O) groups excluding carboxylic acids is 4. The molecule has 7 heteroatoms. The predicted octanol–water partition coefficient (Wildman–Crippen LogP) is 1.80. The number of benzene rings is 2. The molecule has 3 rings (SSSR count). The third kappa shape index (κ3) is 4.87. The molecule has 1 fully saturated rings. The van der Waals surface area contributed by atoms with Gasteiger partial charge in [-0.1, -0.05) is 48.5 Å². The van der Waals surface area contributed by atoms with Crippen molar-refractivity contribution in [3.8, 4) is 0 Å². The second kappa shape index (κ2) is 9.14. The molecule has 1 unspecified atom stereocenters. The molecule has 0 aliphatic carbocycles. The van der Waals surface area contributed by atoms with Crippen molar-refractivity contribution in [2.75, 3.05) is 19.7 Å². The molecule has 0 bridgehead atoms. The van der Waals surface area contributed by atoms with Crippen LogP contribution in [0.3, 0.4) is 0 Å². The van der Waals surface area contributed by atoms with E-state index in [2.05, 4.69) is 0 Å². The van der Waals surface area contributed by atoms with Gasteiger partial charge in [-0.25, -0.2) is 4.79 Å². The topological polar surface area (TPSA) is 107 Å². The number of carbonyl (C=O) groups is 4. The number of hydrogen-bond acceptors (Lipinski definition) is 5. The molecule has 29 heavy (non-hydrogen) atoms. The summed E-state index contributed by atoms with van der Waals surface area (Å²) < 4.78 is 5.17. The summed E-state index contributed by atoms with van der Waals surface area (Å²) in [5.41, 5.74) is 6.09. The van der Waals surface area contributed by atoms with Gasteiger partial charge in [-0.05, 0) is 18.9 Å². The van der Waals surface area contributed by atoms with Crippen molar-refractivity contribution in [1.29, 1.82) is 0 Å². The third-order valence-corrected chi connectivity index (χ3v) is 4.93. The van der Waals surface area contributed by atoms with E-state index in [1.165, 1.54) is 11.0 Å². The van der Waals surface area contributed by atoms with Crippen LogP contribution in [0.5, 0.6) is 0 Å². The van der Waals surface area contributed by atoms with Crippen LogP contribution in [0, 0.1) is 5.92 Å². The maximum Gasteiger partial charge on any atom is 0.339 e. The number of amides is 2. The average Bonchev–Trinajstić information content (AvgIpc) is 2.77. The molecule has 2 aromatic rings. The zero-order chi connectivity index (χ0) is 20.8. The molecule has 1 heterocycles. The van der Waals surface area contributed by atoms with Gasteiger partial charge >= 0.3 is 5.97 Å². The Hall–Kier alpha value is -3.48. The number of ketones is 1. The summed E-state index contributed by atoms with van der Waals surface area (Å²) in [7, 11) is 0. The summed E-state index contributed by atoms with van der Waals surface area (Å²) in [6.07, 6.45) is 1.32. The minimum Gasteiger partial charge on any atom is -0.452 e. The third-order valence-electron chi connectivity index (χ3n) is 4.93. The lowest BCUT2D eigenvalue weighted by atomic mass is 9.97. The highest BCUT2D eigenvalue weighted by Crippen LogP contribution is 2.18. The van der Waals surface area contributed by atoms with Crippen LogP contribution >= 0.6 is 0 Å². The number of nitrogens with zero attached hydrogens (tertiary/aromatic N) is 1. The van der Waals surface area contributed by atoms with Gasteiger partial charge in [0, 0.05) is 24.2 Å². The van der Waals surface area contributed by atoms with Crippen molar-refractivity contribution in [3.63, 3.8) is 0 Å². The molecule has 0 saturated carbocycles. The van der Waals surface area contributed by atoms with Gasteiger partial charge in [-0.3, -0.25) is 14.4 Å². The average molecular weight is 394 g/mol. The second-order valence-corrected chi connectivity index (χ2v) is 6.90. The summed E-state index contributed by atoms with van der Waals surface area (Å²) in [6, 6.07) is 14.9. The first kappa shape index (κ1) is 20.3. The SMILES string of the molecule is NC(=O)C1CCCN(C(=O)COC(=O)c2ccccc2C(=O)c2ccccc2)C1. The molecule has 0 radical (unpaired) electrons. The van der Waals surface area contributed by atoms with Crippen LogP contribution in [0.1, 0.15) is 39.1 Å². The lowest BCUT2D eigenvalue weighted by Crippen LogP contribution is -2.45. The van der Waals surface area contributed by atoms with Crippen molar-refractivity contribution < 1.29 is 23.9 Å². The number of rotatable bonds is 6. The Balaban J connectivity index is 1.66. The number of nitrogens with two attached hydrogens (primary N) is 1. The number of likely N-dealkylation sites (tertiary alicyclic amines) is 1. The van der Waals surface area contributed by atoms with Crippen LogP contribution in [0.15, 0.2) is 54.6 Å². The standard InChI is InChI=1S/C22H22N2O5/c23-21(27)16-9-6-12-24(13-16)19(25)14-29-22(28)18-11-5-4-10-17(18)20(26)15-7-2-1-3-8-15/h1-5,7-8,10-11,16H,6,9,12-14H2,(H2,23,27). The highest BCUT2D eigenvalue weighted by Gasteiger charge is 2.28. The molecule has 1 atom stereocenters. The first-order chi connectivity index (χ1) is 14.0. The van der Waals surface area contributed by atoms with Crippen molar-refractivity contribution in [2.45, 2.75) is 12.8 Å². The van der Waals surface area contributed by atoms with Crippen LogP contribution in [0.2, 0.25) is 0 Å². The summed E-state index contributed by atoms with van der Waals surface area (Å²) in [5, 5.41) is 0. The van der Waals surface area contributed by atoms with Crippen molar-refractivity contribution in [1.82, 2.24) is 4.90 Å². The van der Waals surface area contributed by atoms with Gasteiger partial charge in [0.25, 0.3) is 5.91 Å². The number of piperidine rings is 1. The molecule has 0 aromatic heterocycles. The number of esters is 1. The quantitative estimate of drug-likeness (QED) is 0.594. The van der Waals surface area contributed by atoms with Crippen molar-refractivity contribution in [2.24, 2.45) is 11.7 Å². The van der Waals surface area contributed by atoms with E-state index < -0.39 is 24.4 Å². The Morgan fingerprint density at radius 1 is 0.966 bits per heavy atom. The summed E-state index contributed by atoms with van der Waals surface area (Å²) in [5.74, 6) is -2.26. The lowest BCUT2D eigenvalue weighted by Gasteiger charge is -2.31. The Morgan fingerprint density at radius 3 is 2.31 bits per heavy atom. The monoisotopic (exact) mass is 394 g/mol. The largest absolute Gasteiger partial charge is 0.452 e. The fourth-order valence-corrected chi connectivity index (χ4v) is 3.34. The molecule has 1 aliphatic rings. The number of ether oxygens (including phenoxy) is 1. The van der Waals surface area contributed by atoms with Crippen LogP contribution in [-0.4, -0.2) is 48.2 Å². The second-order valence-electron chi connectivity index (χ2n) is 6.90. The van der Waals surface area contributed by atoms with E-state index in [9.17, 15) is 19.2 Å². The van der Waals surface area contributed by atoms with E-state index in [0.29, 0.717) is 24.9 Å². The van der Waals surface area contributed by atoms with Crippen molar-refractivity contribution >= 4 is 23.6 Å². The Bertz CT molecular complexity index is 926. The number of primary amides is 1. The molecular formula is C22H22N2O5. The molecule has 0 spiro atoms. The van der Waals surface area contributed by atoms with E-state index in [1.807, 2.05) is 0 Å². The van der Waals surface area contributed by atoms with Crippen molar-refractivity contribution in [3.05, 3.63) is 71.3 Å². The minimum atomic E-state index is -0.748. The molecule has 2 N–H and O–H groups in total. The molecule has 1 saturated heterocycles. The van der Waals surface area contributed by atoms with Crippen LogP contribution in [0.25, 0.3) is 0 Å². The van der Waals surface area contributed by atoms with Crippen LogP contribution in [-0.2, 0) is 14.3 Å². The van der Waals surface area contributed by atoms with E-state index in [1.54, 1.807) is 48.5 Å². The Labute approximate surface area is 168 Å². The fourth-order valence-electron chi connectivity index (χ4n) is 3.34. The summed E-state index contributed by atoms with van der Waals surface area (Å²) in [4.78, 5) is 50.5. The van der Waals surface area contributed by atoms with E-state index >= 15 is 0 Å². The minimum absolute atomic E-state index is 0.0998. The molecular weight excluding hydrogens is 372 g/mol. The number of hydrogen-bond donors (Lipinski definition) is 1. The highest BCUT2D eigenvalue weighted by atomic mass is 16.5. The maximum absolute atomic E-state index is 12.7. The molecule has 150 valence electrons. The maximum atomic E-state index is 12.7. The first-order valence-electron chi connectivity index (χ1n) is 9.40. The molecule has 1 aliphatic heterocycles. The smallest absolute Gasteiger partial charge is 0.339 e. The highest BCUT2D eigenvalue weighted by molar-refractivity contribution is 6.14. The normalized spacial score (nSPS) is 16.1. The van der Waals surface area contributed by atoms with Gasteiger partial charge in [0.15, 0.2) is 12.4 Å². The van der Waals surface area contributed by atoms with Crippen LogP contribution in [0.4, 0.5) is 0 Å². The van der Waals surface area contributed by atoms with Gasteiger partial charge in [0.2, 0.25) is 5.91 Å². The van der Waals surface area contributed by atoms with Gasteiger partial charge in [0.05, 0.1) is 11.5 Å². The van der Waals surface area contributed by atoms with Gasteiger partial charge in [0.1, 0.15) is 0 Å². The molecule has 2 aromatic carbocycles. The van der Waals surface area contributed by atoms with E-state index in [0.717, 1.165) is 0 Å². The summed E-state index contributed by atoms with van der Waals surface area (Å²) >= 11 is 0. The van der Waals surface area contributed by atoms with Gasteiger partial charge in [-0.15, -0.1) is 0 Å². The summed E-state index contributed by atoms with van der Waals surface area (Å²) in [6.45, 7) is 0.260. The van der Waals surface area contributed by atoms with Crippen LogP contribution < -0.4 is 5.73 Å². The van der Waals surface area contributed by atoms with E-state index in [4.69, 9.17) is 10.5 Å². The Kier molecular flexibility index (Phi) is 6.39. The Morgan fingerprint density at radius 2 is 1.62 bits per heavy atom. The lowest BCUT2D eigenvalue weighted by molar-refractivity contribution is -0.137. The predicted molar refractivity (Wildman–Crippen MR) is 105 cm³/mol. The fraction of sp³-hybridized carbons (Fsp3) is 0.273. The van der Waals surface area contributed by atoms with E-state index in [-0.39, 0.29) is 29.4 Å². The zero-order valence-corrected chi connectivity index (χ0v) is 15.9. The van der Waals surface area contributed by atoms with Gasteiger partial charge in [-0.2, -0.15) is 0 Å². The zero-order valence-electron chi connectivity index (χ0n) is 15.9.